The highest BCUT2D eigenvalue weighted by molar-refractivity contribution is 8.01. The molecule has 2 unspecified atom stereocenters. The first-order chi connectivity index (χ1) is 28.9. The van der Waals surface area contributed by atoms with E-state index in [9.17, 15) is 14.4 Å². The molecule has 2 aromatic carbocycles. The summed E-state index contributed by atoms with van der Waals surface area (Å²) >= 11 is 8.01. The molecule has 6 N–H and O–H groups in total. The van der Waals surface area contributed by atoms with Gasteiger partial charge in [-0.3, -0.25) is 4.21 Å². The number of aliphatic hydroxyl groups is 2. The summed E-state index contributed by atoms with van der Waals surface area (Å²) in [6.07, 6.45) is 7.30. The summed E-state index contributed by atoms with van der Waals surface area (Å²) in [6.45, 7) is 9.59. The number of nitrogen functional groups attached to an aromatic ring is 2. The first kappa shape index (κ1) is 44.0. The van der Waals surface area contributed by atoms with Crippen LogP contribution in [0.15, 0.2) is 92.2 Å². The Labute approximate surface area is 373 Å². The Morgan fingerprint density at radius 3 is 1.82 bits per heavy atom. The topological polar surface area (TPSA) is 161 Å². The van der Waals surface area contributed by atoms with Crippen molar-refractivity contribution in [2.75, 3.05) is 23.0 Å². The van der Waals surface area contributed by atoms with Crippen LogP contribution in [0.3, 0.4) is 0 Å². The smallest absolute Gasteiger partial charge is 0.141 e. The molecule has 2 atom stereocenters. The number of nitrogens with zero attached hydrogens (tertiary/aromatic N) is 4. The van der Waals surface area contributed by atoms with E-state index in [1.807, 2.05) is 77.1 Å². The minimum atomic E-state index is -1.14. The predicted octanol–water partition coefficient (Wildman–Crippen LogP) is 12.4. The lowest BCUT2D eigenvalue weighted by molar-refractivity contribution is 0.0786. The molecule has 0 amide bonds. The normalized spacial score (nSPS) is 12.8. The molecule has 0 radical (unpaired) electrons. The minimum absolute atomic E-state index is 0.486. The van der Waals surface area contributed by atoms with Crippen LogP contribution in [0.5, 0.6) is 0 Å². The van der Waals surface area contributed by atoms with Crippen LogP contribution >= 0.6 is 57.1 Å². The molecule has 9 nitrogen and oxygen atoms in total. The van der Waals surface area contributed by atoms with Gasteiger partial charge in [0.15, 0.2) is 0 Å². The molecule has 60 heavy (non-hydrogen) atoms. The number of thiophene rings is 2. The van der Waals surface area contributed by atoms with E-state index in [0.29, 0.717) is 15.6 Å². The second-order valence-corrected chi connectivity index (χ2v) is 21.7. The van der Waals surface area contributed by atoms with E-state index in [1.165, 1.54) is 35.5 Å². The number of thiazole rings is 2. The number of unbranched alkanes of at least 4 members (excludes halogenated alkanes) is 2. The summed E-state index contributed by atoms with van der Waals surface area (Å²) < 4.78 is 14.7. The van der Waals surface area contributed by atoms with E-state index in [4.69, 9.17) is 21.4 Å². The quantitative estimate of drug-likeness (QED) is 0.0610. The van der Waals surface area contributed by atoms with Crippen LogP contribution < -0.4 is 11.5 Å². The van der Waals surface area contributed by atoms with E-state index in [1.54, 1.807) is 55.8 Å². The van der Waals surface area contributed by atoms with Crippen LogP contribution in [0.2, 0.25) is 0 Å². The molecule has 0 bridgehead atoms. The van der Waals surface area contributed by atoms with E-state index < -0.39 is 22.5 Å². The van der Waals surface area contributed by atoms with Crippen LogP contribution in [-0.4, -0.2) is 45.9 Å². The number of thioether (sulfide) groups is 1. The van der Waals surface area contributed by atoms with Gasteiger partial charge >= 0.3 is 0 Å². The van der Waals surface area contributed by atoms with Gasteiger partial charge in [0.05, 0.1) is 38.1 Å². The highest BCUT2D eigenvalue weighted by atomic mass is 32.2. The molecule has 0 saturated heterocycles. The van der Waals surface area contributed by atoms with Crippen molar-refractivity contribution in [3.63, 3.8) is 0 Å². The Morgan fingerprint density at radius 2 is 1.32 bits per heavy atom. The number of fused-ring (bicyclic) bond motifs is 2. The summed E-state index contributed by atoms with van der Waals surface area (Å²) in [7, 11) is -1.14. The molecule has 0 spiro atoms. The Balaban J connectivity index is 0.000000182. The van der Waals surface area contributed by atoms with Gasteiger partial charge in [0.25, 0.3) is 0 Å². The Bertz CT molecular complexity index is 2700. The zero-order chi connectivity index (χ0) is 42.6. The third-order valence-corrected chi connectivity index (χ3v) is 16.9. The molecule has 0 aliphatic heterocycles. The molecule has 0 saturated carbocycles. The Hall–Kier alpha value is -4.06. The molecule has 15 heteroatoms. The first-order valence-corrected chi connectivity index (χ1v) is 25.5. The van der Waals surface area contributed by atoms with E-state index in [0.717, 1.165) is 104 Å². The molecule has 8 rings (SSSR count). The van der Waals surface area contributed by atoms with Gasteiger partial charge in [-0.1, -0.05) is 75.2 Å². The predicted molar refractivity (Wildman–Crippen MR) is 259 cm³/mol. The van der Waals surface area contributed by atoms with Crippen LogP contribution in [0, 0.1) is 0 Å². The third-order valence-electron chi connectivity index (χ3n) is 9.86. The number of aliphatic hydroxyl groups excluding tert-OH is 1. The van der Waals surface area contributed by atoms with Gasteiger partial charge in [-0.2, -0.15) is 0 Å². The number of hydrogen-bond acceptors (Lipinski definition) is 14. The summed E-state index contributed by atoms with van der Waals surface area (Å²) in [5.74, 6) is 1.66. The number of rotatable bonds is 14. The highest BCUT2D eigenvalue weighted by Crippen LogP contribution is 2.46. The summed E-state index contributed by atoms with van der Waals surface area (Å²) in [5, 5.41) is 27.6. The molecule has 6 heterocycles. The third kappa shape index (κ3) is 9.68. The lowest BCUT2D eigenvalue weighted by Gasteiger charge is -2.18. The largest absolute Gasteiger partial charge is 0.397 e. The van der Waals surface area contributed by atoms with Gasteiger partial charge in [0.1, 0.15) is 35.3 Å². The fourth-order valence-corrected chi connectivity index (χ4v) is 13.0. The average Bonchev–Trinajstić information content (AvgIpc) is 4.08. The first-order valence-electron chi connectivity index (χ1n) is 19.8. The number of nitrogens with two attached hydrogens (primary N) is 2. The van der Waals surface area contributed by atoms with Gasteiger partial charge in [-0.25, -0.2) is 19.9 Å². The van der Waals surface area contributed by atoms with E-state index in [-0.39, 0.29) is 0 Å². The van der Waals surface area contributed by atoms with Crippen molar-refractivity contribution in [3.05, 3.63) is 94.9 Å². The SMILES string of the molecule is CCCCS(=O)c1sc2nc(-c3nccs3)cc(-c3ccc(C(C)(C)O)cc3)c2c1N.CCCCSc1sc2nc(-c3nccs3)cc(-c3ccc(C(C)O)cc3)c2c1N. The van der Waals surface area contributed by atoms with Gasteiger partial charge in [0, 0.05) is 39.7 Å². The standard InChI is InChI=1S/C23H25N3O2S3.C22H23N3OS3/c1-4-5-12-31(28)22-19(24)18-16(14-6-8-15(9-7-14)23(2,3)27)13-17(26-21(18)30-22)20-25-10-11-29-20;1-3-4-10-28-22-19(23)18-16(15-7-5-14(6-8-15)13(2)26)12-17(25-21(18)29-22)20-24-9-11-27-20/h6-11,13,27H,4-5,12,24H2,1-3H3;5-9,11-13,26H,3-4,10,23H2,1-2H3. The maximum atomic E-state index is 12.9. The summed E-state index contributed by atoms with van der Waals surface area (Å²) in [4.78, 5) is 20.3. The Morgan fingerprint density at radius 1 is 0.783 bits per heavy atom. The number of hydrogen-bond donors (Lipinski definition) is 4. The second-order valence-electron chi connectivity index (χ2n) is 14.8. The van der Waals surface area contributed by atoms with Crippen LogP contribution in [-0.2, 0) is 16.4 Å². The average molecular weight is 913 g/mol. The number of aromatic nitrogens is 4. The zero-order valence-electron chi connectivity index (χ0n) is 34.1. The highest BCUT2D eigenvalue weighted by Gasteiger charge is 2.23. The molecule has 8 aromatic rings. The van der Waals surface area contributed by atoms with E-state index >= 15 is 0 Å². The maximum Gasteiger partial charge on any atom is 0.141 e. The molecule has 6 aromatic heterocycles. The molecule has 0 aliphatic carbocycles. The molecule has 0 fully saturated rings. The van der Waals surface area contributed by atoms with Crippen molar-refractivity contribution in [2.24, 2.45) is 0 Å². The minimum Gasteiger partial charge on any atom is -0.397 e. The number of pyridine rings is 2. The summed E-state index contributed by atoms with van der Waals surface area (Å²) in [6, 6.07) is 19.9. The molecule has 312 valence electrons. The van der Waals surface area contributed by atoms with Crippen molar-refractivity contribution in [3.8, 4) is 43.7 Å². The van der Waals surface area contributed by atoms with Crippen molar-refractivity contribution in [2.45, 2.75) is 80.4 Å². The molecule has 0 aliphatic rings. The van der Waals surface area contributed by atoms with Crippen molar-refractivity contribution < 1.29 is 14.4 Å². The number of anilines is 2. The second kappa shape index (κ2) is 19.3. The maximum absolute atomic E-state index is 12.9. The van der Waals surface area contributed by atoms with Crippen molar-refractivity contribution in [1.29, 1.82) is 0 Å². The van der Waals surface area contributed by atoms with Crippen LogP contribution in [0.1, 0.15) is 77.5 Å². The van der Waals surface area contributed by atoms with Gasteiger partial charge in [0.2, 0.25) is 0 Å². The summed E-state index contributed by atoms with van der Waals surface area (Å²) in [5.41, 5.74) is 21.0. The van der Waals surface area contributed by atoms with Gasteiger partial charge in [-0.15, -0.1) is 57.1 Å². The van der Waals surface area contributed by atoms with Gasteiger partial charge in [-0.05, 0) is 84.9 Å². The lowest BCUT2D eigenvalue weighted by atomic mass is 9.94. The van der Waals surface area contributed by atoms with E-state index in [2.05, 4.69) is 29.9 Å². The molecular weight excluding hydrogens is 865 g/mol. The Kier molecular flexibility index (Phi) is 14.2. The lowest BCUT2D eigenvalue weighted by Crippen LogP contribution is -2.14. The van der Waals surface area contributed by atoms with Crippen molar-refractivity contribution in [1.82, 2.24) is 19.9 Å². The van der Waals surface area contributed by atoms with Crippen molar-refractivity contribution >= 4 is 99.7 Å². The monoisotopic (exact) mass is 912 g/mol. The van der Waals surface area contributed by atoms with Crippen LogP contribution in [0.4, 0.5) is 11.4 Å². The number of benzene rings is 2. The molecular formula is C45H48N6O3S6. The fourth-order valence-electron chi connectivity index (χ4n) is 6.53. The van der Waals surface area contributed by atoms with Gasteiger partial charge < -0.3 is 21.7 Å². The zero-order valence-corrected chi connectivity index (χ0v) is 39.0. The van der Waals surface area contributed by atoms with Crippen LogP contribution in [0.25, 0.3) is 64.1 Å². The fraction of sp³-hybridized carbons (Fsp3) is 0.289.